The highest BCUT2D eigenvalue weighted by atomic mass is 16.5. The van der Waals surface area contributed by atoms with E-state index >= 15 is 0 Å². The minimum Gasteiger partial charge on any atom is -0.481 e. The molecule has 0 atom stereocenters. The number of carboxylic acids is 1. The van der Waals surface area contributed by atoms with E-state index in [0.717, 1.165) is 19.3 Å². The van der Waals surface area contributed by atoms with Crippen LogP contribution in [0.25, 0.3) is 0 Å². The van der Waals surface area contributed by atoms with Gasteiger partial charge in [0.1, 0.15) is 17.7 Å². The molecule has 1 amide bonds. The lowest BCUT2D eigenvalue weighted by Crippen LogP contribution is -2.48. The van der Waals surface area contributed by atoms with Gasteiger partial charge in [0.05, 0.1) is 11.8 Å². The van der Waals surface area contributed by atoms with E-state index in [0.29, 0.717) is 30.1 Å². The van der Waals surface area contributed by atoms with Crippen LogP contribution in [0, 0.1) is 13.8 Å². The second kappa shape index (κ2) is 6.70. The molecule has 1 aliphatic carbocycles. The van der Waals surface area contributed by atoms with Crippen molar-refractivity contribution < 1.29 is 23.6 Å². The minimum atomic E-state index is -1.05. The molecule has 1 fully saturated rings. The Morgan fingerprint density at radius 3 is 2.60 bits per heavy atom. The lowest BCUT2D eigenvalue weighted by atomic mass is 9.80. The summed E-state index contributed by atoms with van der Waals surface area (Å²) < 4.78 is 10.4. The number of nitrogens with one attached hydrogen (secondary N) is 1. The van der Waals surface area contributed by atoms with Crippen LogP contribution in [-0.4, -0.2) is 27.1 Å². The van der Waals surface area contributed by atoms with Gasteiger partial charge in [-0.1, -0.05) is 24.4 Å². The Kier molecular flexibility index (Phi) is 4.61. The number of amides is 1. The van der Waals surface area contributed by atoms with Gasteiger partial charge in [-0.25, -0.2) is 0 Å². The van der Waals surface area contributed by atoms with Gasteiger partial charge < -0.3 is 19.4 Å². The molecule has 0 radical (unpaired) electrons. The molecule has 0 bridgehead atoms. The van der Waals surface area contributed by atoms with E-state index in [9.17, 15) is 9.59 Å². The number of aliphatic carboxylic acids is 1. The highest BCUT2D eigenvalue weighted by molar-refractivity contribution is 5.97. The maximum atomic E-state index is 12.9. The van der Waals surface area contributed by atoms with E-state index in [2.05, 4.69) is 15.5 Å². The molecule has 2 aromatic heterocycles. The van der Waals surface area contributed by atoms with Crippen molar-refractivity contribution in [2.24, 2.45) is 0 Å². The largest absolute Gasteiger partial charge is 0.481 e. The summed E-state index contributed by atoms with van der Waals surface area (Å²) in [5.41, 5.74) is 0.175. The van der Waals surface area contributed by atoms with Gasteiger partial charge in [-0.05, 0) is 19.8 Å². The quantitative estimate of drug-likeness (QED) is 0.853. The van der Waals surface area contributed by atoms with Crippen LogP contribution >= 0.6 is 0 Å². The van der Waals surface area contributed by atoms with Crippen LogP contribution in [0.3, 0.4) is 0 Å². The number of rotatable bonds is 5. The average Bonchev–Trinajstić information content (AvgIpc) is 3.14. The maximum absolute atomic E-state index is 12.9. The molecule has 1 saturated carbocycles. The molecule has 3 rings (SSSR count). The third kappa shape index (κ3) is 3.42. The van der Waals surface area contributed by atoms with Crippen LogP contribution in [0.5, 0.6) is 0 Å². The van der Waals surface area contributed by atoms with Gasteiger partial charge in [0.2, 0.25) is 5.89 Å². The molecule has 8 heteroatoms. The Balaban J connectivity index is 1.91. The lowest BCUT2D eigenvalue weighted by Gasteiger charge is -2.35. The molecule has 2 N–H and O–H groups in total. The number of furan rings is 1. The fraction of sp³-hybridized carbons (Fsp3) is 0.529. The first-order valence-electron chi connectivity index (χ1n) is 8.33. The van der Waals surface area contributed by atoms with Gasteiger partial charge in [0.15, 0.2) is 5.82 Å². The van der Waals surface area contributed by atoms with Crippen molar-refractivity contribution in [2.75, 3.05) is 0 Å². The molecule has 0 unspecified atom stereocenters. The molecule has 134 valence electrons. The lowest BCUT2D eigenvalue weighted by molar-refractivity contribution is -0.136. The summed E-state index contributed by atoms with van der Waals surface area (Å²) in [5, 5.41) is 16.1. The molecule has 0 aliphatic heterocycles. The summed E-state index contributed by atoms with van der Waals surface area (Å²) in [6.07, 6.45) is 5.46. The predicted molar refractivity (Wildman–Crippen MR) is 86.0 cm³/mol. The second-order valence-electron chi connectivity index (χ2n) is 6.52. The first-order chi connectivity index (χ1) is 11.9. The molecule has 0 spiro atoms. The van der Waals surface area contributed by atoms with E-state index < -0.39 is 11.5 Å². The van der Waals surface area contributed by atoms with Gasteiger partial charge in [0.25, 0.3) is 5.91 Å². The fourth-order valence-electron chi connectivity index (χ4n) is 3.40. The number of carbonyl (C=O) groups is 2. The number of aromatic nitrogens is 2. The minimum absolute atomic E-state index is 0.151. The zero-order valence-electron chi connectivity index (χ0n) is 14.3. The third-order valence-corrected chi connectivity index (χ3v) is 4.61. The number of hydrogen-bond donors (Lipinski definition) is 2. The van der Waals surface area contributed by atoms with Crippen LogP contribution in [0.4, 0.5) is 0 Å². The molecule has 8 nitrogen and oxygen atoms in total. The zero-order chi connectivity index (χ0) is 18.0. The Labute approximate surface area is 144 Å². The molecule has 0 aromatic carbocycles. The number of carbonyl (C=O) groups excluding carboxylic acids is 1. The zero-order valence-corrected chi connectivity index (χ0v) is 14.3. The Hall–Kier alpha value is -2.64. The van der Waals surface area contributed by atoms with E-state index in [1.54, 1.807) is 13.8 Å². The van der Waals surface area contributed by atoms with Crippen LogP contribution in [-0.2, 0) is 16.8 Å². The van der Waals surface area contributed by atoms with Crippen molar-refractivity contribution in [3.63, 3.8) is 0 Å². The van der Waals surface area contributed by atoms with Crippen LogP contribution in [0.2, 0.25) is 0 Å². The van der Waals surface area contributed by atoms with Crippen molar-refractivity contribution in [3.8, 4) is 0 Å². The van der Waals surface area contributed by atoms with Gasteiger partial charge in [-0.2, -0.15) is 4.98 Å². The van der Waals surface area contributed by atoms with Gasteiger partial charge in [-0.3, -0.25) is 9.59 Å². The summed E-state index contributed by atoms with van der Waals surface area (Å²) in [4.78, 5) is 28.3. The Bertz CT molecular complexity index is 786. The average molecular weight is 347 g/mol. The molecule has 2 heterocycles. The molecule has 1 aliphatic rings. The van der Waals surface area contributed by atoms with Gasteiger partial charge in [0, 0.05) is 12.5 Å². The monoisotopic (exact) mass is 347 g/mol. The van der Waals surface area contributed by atoms with Crippen LogP contribution in [0.15, 0.2) is 15.2 Å². The molecule has 25 heavy (non-hydrogen) atoms. The Morgan fingerprint density at radius 1 is 1.28 bits per heavy atom. The first-order valence-corrected chi connectivity index (χ1v) is 8.33. The van der Waals surface area contributed by atoms with E-state index in [1.165, 1.54) is 6.26 Å². The summed E-state index contributed by atoms with van der Waals surface area (Å²) in [5.74, 6) is -0.353. The van der Waals surface area contributed by atoms with Crippen LogP contribution < -0.4 is 5.32 Å². The normalized spacial score (nSPS) is 16.6. The number of carboxylic acid groups (broad SMARTS) is 1. The summed E-state index contributed by atoms with van der Waals surface area (Å²) in [6, 6.07) is 0. The SMILES string of the molecule is Cc1nc(C2(NC(=O)c3c(C)coc3CC(=O)O)CCCCC2)no1. The van der Waals surface area contributed by atoms with Gasteiger partial charge >= 0.3 is 5.97 Å². The van der Waals surface area contributed by atoms with Gasteiger partial charge in [-0.15, -0.1) is 0 Å². The summed E-state index contributed by atoms with van der Waals surface area (Å²) >= 11 is 0. The van der Waals surface area contributed by atoms with Crippen molar-refractivity contribution in [1.82, 2.24) is 15.5 Å². The van der Waals surface area contributed by atoms with E-state index in [1.807, 2.05) is 0 Å². The third-order valence-electron chi connectivity index (χ3n) is 4.61. The predicted octanol–water partition coefficient (Wildman–Crippen LogP) is 2.50. The number of hydrogen-bond acceptors (Lipinski definition) is 6. The maximum Gasteiger partial charge on any atom is 0.311 e. The van der Waals surface area contributed by atoms with Crippen molar-refractivity contribution in [3.05, 3.63) is 34.9 Å². The summed E-state index contributed by atoms with van der Waals surface area (Å²) in [7, 11) is 0. The molecular formula is C17H21N3O5. The Morgan fingerprint density at radius 2 is 2.00 bits per heavy atom. The smallest absolute Gasteiger partial charge is 0.311 e. The standard InChI is InChI=1S/C17H21N3O5/c1-10-9-24-12(8-13(21)22)14(10)15(23)19-17(6-4-3-5-7-17)16-18-11(2)25-20-16/h9H,3-8H2,1-2H3,(H,19,23)(H,21,22). The highest BCUT2D eigenvalue weighted by Gasteiger charge is 2.40. The van der Waals surface area contributed by atoms with E-state index in [-0.39, 0.29) is 23.7 Å². The number of nitrogens with zero attached hydrogens (tertiary/aromatic N) is 2. The van der Waals surface area contributed by atoms with Crippen molar-refractivity contribution >= 4 is 11.9 Å². The second-order valence-corrected chi connectivity index (χ2v) is 6.52. The van der Waals surface area contributed by atoms with Crippen molar-refractivity contribution in [1.29, 1.82) is 0 Å². The highest BCUT2D eigenvalue weighted by Crippen LogP contribution is 2.36. The molecule has 0 saturated heterocycles. The molecular weight excluding hydrogens is 326 g/mol. The van der Waals surface area contributed by atoms with Crippen molar-refractivity contribution in [2.45, 2.75) is 57.9 Å². The topological polar surface area (TPSA) is 118 Å². The van der Waals surface area contributed by atoms with E-state index in [4.69, 9.17) is 14.0 Å². The first kappa shape index (κ1) is 17.2. The fourth-order valence-corrected chi connectivity index (χ4v) is 3.40. The summed E-state index contributed by atoms with van der Waals surface area (Å²) in [6.45, 7) is 3.43. The number of aryl methyl sites for hydroxylation is 2. The van der Waals surface area contributed by atoms with Crippen LogP contribution in [0.1, 0.15) is 65.5 Å². The molecule has 2 aromatic rings.